The van der Waals surface area contributed by atoms with Crippen molar-refractivity contribution in [1.29, 1.82) is 0 Å². The summed E-state index contributed by atoms with van der Waals surface area (Å²) in [7, 11) is 0. The Kier molecular flexibility index (Phi) is 4.22. The number of benzene rings is 1. The Bertz CT molecular complexity index is 453. The summed E-state index contributed by atoms with van der Waals surface area (Å²) in [5, 5.41) is 3.23. The minimum Gasteiger partial charge on any atom is -0.383 e. The second-order valence-corrected chi connectivity index (χ2v) is 5.69. The Morgan fingerprint density at radius 1 is 1.56 bits per heavy atom. The van der Waals surface area contributed by atoms with Gasteiger partial charge in [-0.05, 0) is 24.6 Å². The molecular weight excluding hydrogens is 299 g/mol. The third-order valence-electron chi connectivity index (χ3n) is 2.89. The molecule has 0 bridgehead atoms. The lowest BCUT2D eigenvalue weighted by Crippen LogP contribution is -2.25. The van der Waals surface area contributed by atoms with Crippen LogP contribution in [0.1, 0.15) is 19.8 Å². The monoisotopic (exact) mass is 314 g/mol. The molecule has 1 heterocycles. The highest BCUT2D eigenvalue weighted by atomic mass is 79.9. The molecule has 1 N–H and O–H groups in total. The predicted octanol–water partition coefficient (Wildman–Crippen LogP) is 3.15. The number of anilines is 2. The molecule has 1 aliphatic rings. The molecule has 1 saturated heterocycles. The van der Waals surface area contributed by atoms with E-state index in [0.29, 0.717) is 18.7 Å². The molecule has 98 valence electrons. The summed E-state index contributed by atoms with van der Waals surface area (Å²) in [6.07, 6.45) is 1.44. The van der Waals surface area contributed by atoms with Gasteiger partial charge < -0.3 is 10.2 Å². The van der Waals surface area contributed by atoms with E-state index >= 15 is 0 Å². The molecule has 1 aromatic carbocycles. The number of nitrogens with one attached hydrogen (secondary N) is 1. The van der Waals surface area contributed by atoms with Crippen molar-refractivity contribution in [3.8, 4) is 0 Å². The van der Waals surface area contributed by atoms with Crippen LogP contribution in [0.4, 0.5) is 15.8 Å². The van der Waals surface area contributed by atoms with Crippen LogP contribution in [-0.2, 0) is 4.79 Å². The SMILES string of the molecule is CCCNc1ccc(F)cc1N1CC(Br)CC1=O. The quantitative estimate of drug-likeness (QED) is 0.866. The number of carbonyl (C=O) groups excluding carboxylic acids is 1. The molecule has 18 heavy (non-hydrogen) atoms. The maximum Gasteiger partial charge on any atom is 0.228 e. The fourth-order valence-corrected chi connectivity index (χ4v) is 2.60. The smallest absolute Gasteiger partial charge is 0.228 e. The standard InChI is InChI=1S/C13H16BrFN2O/c1-2-5-16-11-4-3-10(15)7-12(11)17-8-9(14)6-13(17)18/h3-4,7,9,16H,2,5-6,8H2,1H3. The second-order valence-electron chi connectivity index (χ2n) is 4.39. The largest absolute Gasteiger partial charge is 0.383 e. The third kappa shape index (κ3) is 2.83. The van der Waals surface area contributed by atoms with Gasteiger partial charge >= 0.3 is 0 Å². The van der Waals surface area contributed by atoms with Crippen molar-refractivity contribution in [2.24, 2.45) is 0 Å². The minimum atomic E-state index is -0.321. The van der Waals surface area contributed by atoms with Gasteiger partial charge in [0.25, 0.3) is 0 Å². The zero-order chi connectivity index (χ0) is 13.1. The molecule has 3 nitrogen and oxygen atoms in total. The van der Waals surface area contributed by atoms with Crippen LogP contribution < -0.4 is 10.2 Å². The normalized spacial score (nSPS) is 19.4. The van der Waals surface area contributed by atoms with Crippen molar-refractivity contribution in [2.45, 2.75) is 24.6 Å². The van der Waals surface area contributed by atoms with Crippen LogP contribution in [0, 0.1) is 5.82 Å². The molecule has 1 fully saturated rings. The molecule has 1 unspecified atom stereocenters. The minimum absolute atomic E-state index is 0.0297. The van der Waals surface area contributed by atoms with Gasteiger partial charge in [-0.25, -0.2) is 4.39 Å². The summed E-state index contributed by atoms with van der Waals surface area (Å²) in [5.41, 5.74) is 1.45. The van der Waals surface area contributed by atoms with Gasteiger partial charge in [0.15, 0.2) is 0 Å². The van der Waals surface area contributed by atoms with Gasteiger partial charge in [0.2, 0.25) is 5.91 Å². The van der Waals surface area contributed by atoms with Gasteiger partial charge in [-0.3, -0.25) is 4.79 Å². The van der Waals surface area contributed by atoms with Gasteiger partial charge in [-0.15, -0.1) is 0 Å². The lowest BCUT2D eigenvalue weighted by atomic mass is 10.2. The first-order chi connectivity index (χ1) is 8.61. The van der Waals surface area contributed by atoms with E-state index in [1.165, 1.54) is 12.1 Å². The van der Waals surface area contributed by atoms with E-state index in [-0.39, 0.29) is 16.6 Å². The number of hydrogen-bond acceptors (Lipinski definition) is 2. The third-order valence-corrected chi connectivity index (χ3v) is 3.51. The van der Waals surface area contributed by atoms with Crippen LogP contribution in [0.2, 0.25) is 0 Å². The number of hydrogen-bond donors (Lipinski definition) is 1. The maximum absolute atomic E-state index is 13.4. The van der Waals surface area contributed by atoms with Gasteiger partial charge in [0, 0.05) is 24.3 Å². The number of alkyl halides is 1. The van der Waals surface area contributed by atoms with Gasteiger partial charge in [-0.2, -0.15) is 0 Å². The summed E-state index contributed by atoms with van der Waals surface area (Å²) in [6, 6.07) is 4.52. The first-order valence-electron chi connectivity index (χ1n) is 6.09. The molecule has 1 amide bonds. The highest BCUT2D eigenvalue weighted by Crippen LogP contribution is 2.32. The van der Waals surface area contributed by atoms with Gasteiger partial charge in [0.05, 0.1) is 11.4 Å². The highest BCUT2D eigenvalue weighted by Gasteiger charge is 2.30. The topological polar surface area (TPSA) is 32.3 Å². The van der Waals surface area contributed by atoms with Crippen molar-refractivity contribution in [1.82, 2.24) is 0 Å². The van der Waals surface area contributed by atoms with Gasteiger partial charge in [-0.1, -0.05) is 22.9 Å². The zero-order valence-corrected chi connectivity index (χ0v) is 11.8. The van der Waals surface area contributed by atoms with E-state index < -0.39 is 0 Å². The van der Waals surface area contributed by atoms with E-state index in [9.17, 15) is 9.18 Å². The average Bonchev–Trinajstić information content (AvgIpc) is 2.67. The fraction of sp³-hybridized carbons (Fsp3) is 0.462. The lowest BCUT2D eigenvalue weighted by molar-refractivity contribution is -0.117. The van der Waals surface area contributed by atoms with Crippen LogP contribution in [0.25, 0.3) is 0 Å². The summed E-state index contributed by atoms with van der Waals surface area (Å²) in [6.45, 7) is 3.45. The van der Waals surface area contributed by atoms with Crippen LogP contribution in [0.15, 0.2) is 18.2 Å². The van der Waals surface area contributed by atoms with E-state index in [4.69, 9.17) is 0 Å². The maximum atomic E-state index is 13.4. The number of halogens is 2. The van der Waals surface area contributed by atoms with Crippen molar-refractivity contribution in [3.05, 3.63) is 24.0 Å². The molecule has 0 saturated carbocycles. The average molecular weight is 315 g/mol. The van der Waals surface area contributed by atoms with Crippen molar-refractivity contribution >= 4 is 33.2 Å². The van der Waals surface area contributed by atoms with Crippen LogP contribution >= 0.6 is 15.9 Å². The zero-order valence-electron chi connectivity index (χ0n) is 10.2. The predicted molar refractivity (Wildman–Crippen MR) is 74.9 cm³/mol. The van der Waals surface area contributed by atoms with E-state index in [2.05, 4.69) is 28.2 Å². The van der Waals surface area contributed by atoms with Gasteiger partial charge in [0.1, 0.15) is 5.82 Å². The summed E-state index contributed by atoms with van der Waals surface area (Å²) in [5.74, 6) is -0.292. The first-order valence-corrected chi connectivity index (χ1v) is 7.01. The van der Waals surface area contributed by atoms with Crippen LogP contribution in [0.3, 0.4) is 0 Å². The lowest BCUT2D eigenvalue weighted by Gasteiger charge is -2.20. The number of amides is 1. The molecule has 0 aliphatic carbocycles. The van der Waals surface area contributed by atoms with Crippen molar-refractivity contribution in [2.75, 3.05) is 23.3 Å². The Hall–Kier alpha value is -1.10. The molecule has 5 heteroatoms. The molecule has 0 spiro atoms. The Morgan fingerprint density at radius 2 is 2.33 bits per heavy atom. The fourth-order valence-electron chi connectivity index (χ4n) is 2.03. The van der Waals surface area contributed by atoms with E-state index in [0.717, 1.165) is 18.7 Å². The number of carbonyl (C=O) groups is 1. The molecule has 2 rings (SSSR count). The van der Waals surface area contributed by atoms with Crippen molar-refractivity contribution < 1.29 is 9.18 Å². The highest BCUT2D eigenvalue weighted by molar-refractivity contribution is 9.09. The van der Waals surface area contributed by atoms with E-state index in [1.54, 1.807) is 11.0 Å². The molecule has 1 aliphatic heterocycles. The molecule has 1 aromatic rings. The second kappa shape index (κ2) is 5.69. The summed E-state index contributed by atoms with van der Waals surface area (Å²) < 4.78 is 13.4. The molecule has 0 radical (unpaired) electrons. The van der Waals surface area contributed by atoms with E-state index in [1.807, 2.05) is 0 Å². The number of nitrogens with zero attached hydrogens (tertiary/aromatic N) is 1. The summed E-state index contributed by atoms with van der Waals surface area (Å²) in [4.78, 5) is 13.7. The molecule has 1 atom stereocenters. The van der Waals surface area contributed by atoms with Crippen LogP contribution in [-0.4, -0.2) is 23.8 Å². The molecular formula is C13H16BrFN2O. The first kappa shape index (κ1) is 13.3. The summed E-state index contributed by atoms with van der Waals surface area (Å²) >= 11 is 3.44. The Morgan fingerprint density at radius 3 is 2.94 bits per heavy atom. The molecule has 0 aromatic heterocycles. The van der Waals surface area contributed by atoms with Crippen LogP contribution in [0.5, 0.6) is 0 Å². The number of rotatable bonds is 4. The van der Waals surface area contributed by atoms with Crippen molar-refractivity contribution in [3.63, 3.8) is 0 Å². The Labute approximate surface area is 114 Å². The Balaban J connectivity index is 2.29.